The summed E-state index contributed by atoms with van der Waals surface area (Å²) in [6.45, 7) is 2.13. The molecule has 0 aliphatic heterocycles. The predicted molar refractivity (Wildman–Crippen MR) is 89.8 cm³/mol. The maximum absolute atomic E-state index is 10.7. The van der Waals surface area contributed by atoms with E-state index in [4.69, 9.17) is 5.11 Å². The summed E-state index contributed by atoms with van der Waals surface area (Å²) in [7, 11) is 0. The molecule has 0 saturated heterocycles. The van der Waals surface area contributed by atoms with E-state index < -0.39 is 5.97 Å². The number of hydrogen-bond donors (Lipinski definition) is 1. The van der Waals surface area contributed by atoms with Gasteiger partial charge in [-0.25, -0.2) is 15.0 Å². The highest BCUT2D eigenvalue weighted by atomic mass is 32.2. The highest BCUT2D eigenvalue weighted by molar-refractivity contribution is 7.98. The van der Waals surface area contributed by atoms with Gasteiger partial charge in [-0.3, -0.25) is 4.79 Å². The molecule has 0 unspecified atom stereocenters. The maximum Gasteiger partial charge on any atom is 0.309 e. The topological polar surface area (TPSA) is 76.0 Å². The van der Waals surface area contributed by atoms with Crippen LogP contribution in [0.5, 0.6) is 0 Å². The van der Waals surface area contributed by atoms with Crippen molar-refractivity contribution < 1.29 is 9.90 Å². The second-order valence-electron chi connectivity index (χ2n) is 4.56. The molecule has 8 heteroatoms. The van der Waals surface area contributed by atoms with Gasteiger partial charge in [-0.1, -0.05) is 18.7 Å². The molecular weight excluding hydrogens is 338 g/mol. The Morgan fingerprint density at radius 3 is 3.05 bits per heavy atom. The van der Waals surface area contributed by atoms with Crippen LogP contribution < -0.4 is 0 Å². The molecule has 0 aliphatic carbocycles. The van der Waals surface area contributed by atoms with Gasteiger partial charge in [0.25, 0.3) is 0 Å². The van der Waals surface area contributed by atoms with Crippen molar-refractivity contribution in [3.8, 4) is 0 Å². The van der Waals surface area contributed by atoms with Crippen molar-refractivity contribution in [1.29, 1.82) is 0 Å². The number of carboxylic acids is 1. The number of fused-ring (bicyclic) bond motifs is 1. The van der Waals surface area contributed by atoms with E-state index >= 15 is 0 Å². The highest BCUT2D eigenvalue weighted by Crippen LogP contribution is 2.32. The second kappa shape index (κ2) is 6.72. The third-order valence-electron chi connectivity index (χ3n) is 2.96. The Balaban J connectivity index is 1.74. The third-order valence-corrected chi connectivity index (χ3v) is 6.24. The maximum atomic E-state index is 10.7. The van der Waals surface area contributed by atoms with E-state index in [1.807, 2.05) is 0 Å². The number of carboxylic acid groups (broad SMARTS) is 1. The molecule has 22 heavy (non-hydrogen) atoms. The molecule has 5 nitrogen and oxygen atoms in total. The zero-order valence-electron chi connectivity index (χ0n) is 11.8. The number of thiazole rings is 1. The molecule has 0 amide bonds. The third kappa shape index (κ3) is 3.45. The van der Waals surface area contributed by atoms with E-state index in [2.05, 4.69) is 27.9 Å². The standard InChI is InChI=1S/C14H13N3O2S3/c1-2-9-4-10-13(15-7-16-14(10)22-9)21-6-11-17-8(5-20-11)3-12(18)19/h4-5,7H,2-3,6H2,1H3,(H,18,19). The molecule has 0 aromatic carbocycles. The number of hydrogen-bond acceptors (Lipinski definition) is 7. The van der Waals surface area contributed by atoms with Gasteiger partial charge in [0.05, 0.1) is 17.9 Å². The van der Waals surface area contributed by atoms with Gasteiger partial charge in [0.2, 0.25) is 0 Å². The normalized spacial score (nSPS) is 11.1. The summed E-state index contributed by atoms with van der Waals surface area (Å²) in [6, 6.07) is 2.15. The van der Waals surface area contributed by atoms with E-state index in [9.17, 15) is 4.79 Å². The van der Waals surface area contributed by atoms with Crippen LogP contribution in [0, 0.1) is 0 Å². The van der Waals surface area contributed by atoms with Gasteiger partial charge in [0.15, 0.2) is 0 Å². The van der Waals surface area contributed by atoms with Gasteiger partial charge in [0.1, 0.15) is 21.2 Å². The number of carbonyl (C=O) groups is 1. The summed E-state index contributed by atoms with van der Waals surface area (Å²) >= 11 is 4.81. The number of aromatic nitrogens is 3. The van der Waals surface area contributed by atoms with E-state index in [-0.39, 0.29) is 6.42 Å². The fraction of sp³-hybridized carbons (Fsp3) is 0.286. The van der Waals surface area contributed by atoms with Gasteiger partial charge >= 0.3 is 5.97 Å². The van der Waals surface area contributed by atoms with Crippen LogP contribution >= 0.6 is 34.4 Å². The van der Waals surface area contributed by atoms with Crippen LogP contribution in [0.25, 0.3) is 10.2 Å². The number of thioether (sulfide) groups is 1. The first kappa shape index (κ1) is 15.4. The fourth-order valence-corrected chi connectivity index (χ4v) is 4.74. The van der Waals surface area contributed by atoms with E-state index in [1.165, 1.54) is 16.2 Å². The molecule has 0 spiro atoms. The summed E-state index contributed by atoms with van der Waals surface area (Å²) in [5, 5.41) is 13.5. The Morgan fingerprint density at radius 2 is 2.27 bits per heavy atom. The largest absolute Gasteiger partial charge is 0.481 e. The van der Waals surface area contributed by atoms with Crippen molar-refractivity contribution in [2.75, 3.05) is 0 Å². The predicted octanol–water partition coefficient (Wildman–Crippen LogP) is 3.63. The summed E-state index contributed by atoms with van der Waals surface area (Å²) in [5.41, 5.74) is 0.615. The van der Waals surface area contributed by atoms with E-state index in [1.54, 1.807) is 34.8 Å². The molecule has 114 valence electrons. The number of aryl methyl sites for hydroxylation is 1. The summed E-state index contributed by atoms with van der Waals surface area (Å²) < 4.78 is 0. The Morgan fingerprint density at radius 1 is 1.41 bits per heavy atom. The fourth-order valence-electron chi connectivity index (χ4n) is 1.95. The van der Waals surface area contributed by atoms with Crippen LogP contribution in [0.4, 0.5) is 0 Å². The molecule has 0 saturated carbocycles. The zero-order valence-corrected chi connectivity index (χ0v) is 14.2. The van der Waals surface area contributed by atoms with Crippen molar-refractivity contribution in [3.05, 3.63) is 33.4 Å². The van der Waals surface area contributed by atoms with Crippen LogP contribution in [0.3, 0.4) is 0 Å². The van der Waals surface area contributed by atoms with E-state index in [0.717, 1.165) is 26.7 Å². The first-order chi connectivity index (χ1) is 10.7. The van der Waals surface area contributed by atoms with Crippen LogP contribution in [-0.2, 0) is 23.4 Å². The van der Waals surface area contributed by atoms with Crippen molar-refractivity contribution in [1.82, 2.24) is 15.0 Å². The highest BCUT2D eigenvalue weighted by Gasteiger charge is 2.11. The average molecular weight is 351 g/mol. The molecule has 0 bridgehead atoms. The van der Waals surface area contributed by atoms with Crippen molar-refractivity contribution >= 4 is 50.6 Å². The van der Waals surface area contributed by atoms with Gasteiger partial charge in [0, 0.05) is 15.6 Å². The minimum atomic E-state index is -0.854. The average Bonchev–Trinajstić information content (AvgIpc) is 3.10. The first-order valence-corrected chi connectivity index (χ1v) is 9.35. The first-order valence-electron chi connectivity index (χ1n) is 6.67. The summed E-state index contributed by atoms with van der Waals surface area (Å²) in [4.78, 5) is 26.0. The zero-order chi connectivity index (χ0) is 15.5. The summed E-state index contributed by atoms with van der Waals surface area (Å²) in [5.74, 6) is -0.166. The Labute approximate surface area is 139 Å². The van der Waals surface area contributed by atoms with Gasteiger partial charge in [-0.15, -0.1) is 22.7 Å². The molecule has 0 radical (unpaired) electrons. The van der Waals surface area contributed by atoms with Crippen LogP contribution in [0.1, 0.15) is 22.5 Å². The minimum Gasteiger partial charge on any atom is -0.481 e. The lowest BCUT2D eigenvalue weighted by Gasteiger charge is -1.99. The van der Waals surface area contributed by atoms with Crippen molar-refractivity contribution in [2.45, 2.75) is 30.5 Å². The van der Waals surface area contributed by atoms with Gasteiger partial charge in [-0.2, -0.15) is 0 Å². The molecule has 0 atom stereocenters. The van der Waals surface area contributed by atoms with Crippen molar-refractivity contribution in [2.24, 2.45) is 0 Å². The minimum absolute atomic E-state index is 0.0245. The van der Waals surface area contributed by atoms with E-state index in [0.29, 0.717) is 11.4 Å². The second-order valence-corrected chi connectivity index (χ2v) is 7.58. The lowest BCUT2D eigenvalue weighted by Crippen LogP contribution is -2.00. The lowest BCUT2D eigenvalue weighted by molar-refractivity contribution is -0.136. The Bertz CT molecular complexity index is 813. The smallest absolute Gasteiger partial charge is 0.309 e. The molecule has 0 aliphatic rings. The number of aliphatic carboxylic acids is 1. The van der Waals surface area contributed by atoms with Crippen LogP contribution in [0.15, 0.2) is 22.8 Å². The monoisotopic (exact) mass is 351 g/mol. The molecule has 3 aromatic rings. The van der Waals surface area contributed by atoms with Gasteiger partial charge in [-0.05, 0) is 12.5 Å². The number of thiophene rings is 1. The molecule has 3 heterocycles. The number of rotatable bonds is 6. The van der Waals surface area contributed by atoms with Crippen LogP contribution in [-0.4, -0.2) is 26.0 Å². The number of nitrogens with zero attached hydrogens (tertiary/aromatic N) is 3. The molecular formula is C14H13N3O2S3. The Hall–Kier alpha value is -1.51. The van der Waals surface area contributed by atoms with Crippen LogP contribution in [0.2, 0.25) is 0 Å². The SMILES string of the molecule is CCc1cc2c(SCc3nc(CC(=O)O)cs3)ncnc2s1. The van der Waals surface area contributed by atoms with Gasteiger partial charge < -0.3 is 5.11 Å². The van der Waals surface area contributed by atoms with Crippen molar-refractivity contribution in [3.63, 3.8) is 0 Å². The molecule has 3 aromatic heterocycles. The molecule has 3 rings (SSSR count). The molecule has 0 fully saturated rings. The Kier molecular flexibility index (Phi) is 4.70. The lowest BCUT2D eigenvalue weighted by atomic mass is 10.3. The molecule has 1 N–H and O–H groups in total. The quantitative estimate of drug-likeness (QED) is 0.540. The summed E-state index contributed by atoms with van der Waals surface area (Å²) in [6.07, 6.45) is 2.57.